The highest BCUT2D eigenvalue weighted by Gasteiger charge is 2.40. The van der Waals surface area contributed by atoms with Crippen molar-refractivity contribution in [2.45, 2.75) is 97.0 Å². The number of hydrogen-bond donors (Lipinski definition) is 6. The lowest BCUT2D eigenvalue weighted by atomic mass is 9.93. The Labute approximate surface area is 283 Å². The standard InChI is InChI=1S/C33H44N4O12/c1-16(2)28(36-25(40)14-37-26(41)10-11-27(37)42)31(44)34-18(5)30(43)35-21-8-6-20(15-48-33(47)17(3)4)19(12-21)7-9-24-22(38)13-23(39)29(49-24)32(45)46/h6,8,10-12,16-18,22-24,28-29,38-39H,7,9,13-15H2,1-5H3,(H,34,44)(H,35,43)(H,36,40)(H,45,46)/t18-,22+,23-,24-,28-,29-/m0/s1. The molecule has 16 heteroatoms. The quantitative estimate of drug-likeness (QED) is 0.104. The molecule has 6 N–H and O–H groups in total. The van der Waals surface area contributed by atoms with Gasteiger partial charge in [-0.05, 0) is 48.9 Å². The van der Waals surface area contributed by atoms with Gasteiger partial charge in [-0.2, -0.15) is 0 Å². The number of aliphatic hydroxyl groups is 2. The summed E-state index contributed by atoms with van der Waals surface area (Å²) in [5.41, 5.74) is 1.52. The van der Waals surface area contributed by atoms with Crippen molar-refractivity contribution < 1.29 is 58.4 Å². The maximum absolute atomic E-state index is 13.1. The third-order valence-corrected chi connectivity index (χ3v) is 8.06. The van der Waals surface area contributed by atoms with Crippen LogP contribution in [0.15, 0.2) is 30.4 Å². The summed E-state index contributed by atoms with van der Waals surface area (Å²) in [6.45, 7) is 7.50. The van der Waals surface area contributed by atoms with Crippen molar-refractivity contribution in [2.24, 2.45) is 11.8 Å². The number of aryl methyl sites for hydroxylation is 1. The Morgan fingerprint density at radius 3 is 2.18 bits per heavy atom. The molecule has 1 aromatic carbocycles. The van der Waals surface area contributed by atoms with Gasteiger partial charge in [0.25, 0.3) is 11.8 Å². The molecule has 5 amide bonds. The second-order valence-electron chi connectivity index (χ2n) is 12.7. The summed E-state index contributed by atoms with van der Waals surface area (Å²) in [6, 6.07) is 2.68. The average molecular weight is 689 g/mol. The molecule has 0 aliphatic carbocycles. The number of ether oxygens (including phenoxy) is 2. The lowest BCUT2D eigenvalue weighted by Crippen LogP contribution is -2.55. The molecule has 0 bridgehead atoms. The zero-order valence-electron chi connectivity index (χ0n) is 28.0. The van der Waals surface area contributed by atoms with E-state index in [1.54, 1.807) is 45.9 Å². The maximum Gasteiger partial charge on any atom is 0.335 e. The van der Waals surface area contributed by atoms with Gasteiger partial charge in [0.15, 0.2) is 6.10 Å². The molecule has 49 heavy (non-hydrogen) atoms. The minimum atomic E-state index is -1.50. The van der Waals surface area contributed by atoms with E-state index in [1.807, 2.05) is 0 Å². The van der Waals surface area contributed by atoms with E-state index < -0.39 is 90.4 Å². The molecule has 3 rings (SSSR count). The van der Waals surface area contributed by atoms with E-state index in [9.17, 15) is 48.9 Å². The number of hydrogen-bond acceptors (Lipinski definition) is 11. The van der Waals surface area contributed by atoms with Gasteiger partial charge in [0, 0.05) is 24.3 Å². The zero-order valence-corrected chi connectivity index (χ0v) is 28.0. The van der Waals surface area contributed by atoms with Crippen LogP contribution in [0.2, 0.25) is 0 Å². The largest absolute Gasteiger partial charge is 0.479 e. The van der Waals surface area contributed by atoms with E-state index in [2.05, 4.69) is 16.0 Å². The smallest absolute Gasteiger partial charge is 0.335 e. The molecule has 2 aliphatic heterocycles. The Bertz CT molecular complexity index is 1460. The fourth-order valence-electron chi connectivity index (χ4n) is 5.17. The van der Waals surface area contributed by atoms with Crippen LogP contribution in [-0.4, -0.2) is 105 Å². The SMILES string of the molecule is CC(C)C(=O)OCc1ccc(NC(=O)[C@H](C)NC(=O)[C@@H](NC(=O)CN2C(=O)C=CC2=O)C(C)C)cc1CC[C@@H]1O[C@H](C(=O)O)[C@@H](O)C[C@H]1O. The molecule has 0 spiro atoms. The van der Waals surface area contributed by atoms with Gasteiger partial charge >= 0.3 is 11.9 Å². The number of carbonyl (C=O) groups excluding carboxylic acids is 6. The molecule has 1 fully saturated rings. The highest BCUT2D eigenvalue weighted by molar-refractivity contribution is 6.14. The van der Waals surface area contributed by atoms with Gasteiger partial charge in [0.1, 0.15) is 25.2 Å². The lowest BCUT2D eigenvalue weighted by Gasteiger charge is -2.35. The number of amides is 5. The number of nitrogens with zero attached hydrogens (tertiary/aromatic N) is 1. The van der Waals surface area contributed by atoms with E-state index in [4.69, 9.17) is 9.47 Å². The molecule has 6 atom stereocenters. The number of esters is 1. The summed E-state index contributed by atoms with van der Waals surface area (Å²) >= 11 is 0. The zero-order chi connectivity index (χ0) is 36.6. The van der Waals surface area contributed by atoms with Crippen molar-refractivity contribution in [3.8, 4) is 0 Å². The second-order valence-corrected chi connectivity index (χ2v) is 12.7. The number of carbonyl (C=O) groups is 7. The molecular formula is C33H44N4O12. The number of carboxylic acid groups (broad SMARTS) is 1. The molecular weight excluding hydrogens is 644 g/mol. The predicted octanol–water partition coefficient (Wildman–Crippen LogP) is -0.209. The second kappa shape index (κ2) is 17.1. The number of imide groups is 1. The number of rotatable bonds is 15. The summed E-state index contributed by atoms with van der Waals surface area (Å²) in [6.07, 6.45) is -2.64. The summed E-state index contributed by atoms with van der Waals surface area (Å²) in [5, 5.41) is 37.6. The topological polar surface area (TPSA) is 238 Å². The summed E-state index contributed by atoms with van der Waals surface area (Å²) < 4.78 is 10.9. The van der Waals surface area contributed by atoms with Crippen LogP contribution in [0.4, 0.5) is 5.69 Å². The molecule has 1 aromatic rings. The fraction of sp³-hybridized carbons (Fsp3) is 0.545. The average Bonchev–Trinajstić information content (AvgIpc) is 3.33. The number of aliphatic hydroxyl groups excluding tert-OH is 2. The van der Waals surface area contributed by atoms with Crippen LogP contribution in [0.3, 0.4) is 0 Å². The van der Waals surface area contributed by atoms with E-state index in [0.717, 1.165) is 17.1 Å². The van der Waals surface area contributed by atoms with Gasteiger partial charge in [0.2, 0.25) is 17.7 Å². The van der Waals surface area contributed by atoms with Crippen LogP contribution in [-0.2, 0) is 56.1 Å². The Morgan fingerprint density at radius 2 is 1.59 bits per heavy atom. The lowest BCUT2D eigenvalue weighted by molar-refractivity contribution is -0.193. The van der Waals surface area contributed by atoms with Crippen molar-refractivity contribution in [2.75, 3.05) is 11.9 Å². The van der Waals surface area contributed by atoms with Crippen LogP contribution >= 0.6 is 0 Å². The minimum absolute atomic E-state index is 0.0868. The molecule has 0 radical (unpaired) electrons. The van der Waals surface area contributed by atoms with Gasteiger partial charge < -0.3 is 40.7 Å². The van der Waals surface area contributed by atoms with E-state index in [1.165, 1.54) is 6.92 Å². The molecule has 2 heterocycles. The Hall–Kier alpha value is -4.67. The molecule has 1 saturated heterocycles. The normalized spacial score (nSPS) is 21.8. The molecule has 0 saturated carbocycles. The fourth-order valence-corrected chi connectivity index (χ4v) is 5.17. The number of carboxylic acids is 1. The van der Waals surface area contributed by atoms with Crippen molar-refractivity contribution in [1.82, 2.24) is 15.5 Å². The van der Waals surface area contributed by atoms with Gasteiger partial charge in [0.05, 0.1) is 24.2 Å². The Morgan fingerprint density at radius 1 is 0.939 bits per heavy atom. The first-order valence-electron chi connectivity index (χ1n) is 15.9. The summed E-state index contributed by atoms with van der Waals surface area (Å²) in [7, 11) is 0. The third kappa shape index (κ3) is 10.7. The molecule has 16 nitrogen and oxygen atoms in total. The predicted molar refractivity (Wildman–Crippen MR) is 171 cm³/mol. The summed E-state index contributed by atoms with van der Waals surface area (Å²) in [5.74, 6) is -5.85. The first-order valence-corrected chi connectivity index (χ1v) is 15.9. The number of aliphatic carboxylic acids is 1. The Balaban J connectivity index is 1.68. The first-order chi connectivity index (χ1) is 23.0. The van der Waals surface area contributed by atoms with Gasteiger partial charge in [-0.15, -0.1) is 0 Å². The number of anilines is 1. The highest BCUT2D eigenvalue weighted by Crippen LogP contribution is 2.26. The van der Waals surface area contributed by atoms with Gasteiger partial charge in [-0.1, -0.05) is 33.8 Å². The molecule has 268 valence electrons. The molecule has 0 aromatic heterocycles. The van der Waals surface area contributed by atoms with Crippen LogP contribution in [0.25, 0.3) is 0 Å². The first kappa shape index (κ1) is 38.8. The van der Waals surface area contributed by atoms with Crippen LogP contribution in [0, 0.1) is 11.8 Å². The van der Waals surface area contributed by atoms with Crippen molar-refractivity contribution >= 4 is 47.2 Å². The van der Waals surface area contributed by atoms with Crippen LogP contribution in [0.5, 0.6) is 0 Å². The Kier molecular flexibility index (Phi) is 13.6. The minimum Gasteiger partial charge on any atom is -0.479 e. The third-order valence-electron chi connectivity index (χ3n) is 8.06. The van der Waals surface area contributed by atoms with Crippen molar-refractivity contribution in [1.29, 1.82) is 0 Å². The van der Waals surface area contributed by atoms with Crippen LogP contribution < -0.4 is 16.0 Å². The van der Waals surface area contributed by atoms with E-state index >= 15 is 0 Å². The summed E-state index contributed by atoms with van der Waals surface area (Å²) in [4.78, 5) is 86.7. The van der Waals surface area contributed by atoms with Gasteiger partial charge in [-0.3, -0.25) is 33.7 Å². The van der Waals surface area contributed by atoms with E-state index in [0.29, 0.717) is 16.8 Å². The van der Waals surface area contributed by atoms with Crippen molar-refractivity contribution in [3.63, 3.8) is 0 Å². The maximum atomic E-state index is 13.1. The number of benzene rings is 1. The van der Waals surface area contributed by atoms with Crippen molar-refractivity contribution in [3.05, 3.63) is 41.5 Å². The van der Waals surface area contributed by atoms with E-state index in [-0.39, 0.29) is 31.8 Å². The number of nitrogens with one attached hydrogen (secondary N) is 3. The van der Waals surface area contributed by atoms with Gasteiger partial charge in [-0.25, -0.2) is 4.79 Å². The molecule has 2 aliphatic rings. The van der Waals surface area contributed by atoms with Crippen LogP contribution in [0.1, 0.15) is 58.6 Å². The monoisotopic (exact) mass is 688 g/mol. The highest BCUT2D eigenvalue weighted by atomic mass is 16.5. The molecule has 0 unspecified atom stereocenters.